The average molecular weight is 425 g/mol. The third-order valence-electron chi connectivity index (χ3n) is 4.27. The van der Waals surface area contributed by atoms with E-state index in [-0.39, 0.29) is 23.8 Å². The largest absolute Gasteiger partial charge is 0.479 e. The fraction of sp³-hybridized carbons (Fsp3) is 0.619. The highest BCUT2D eigenvalue weighted by molar-refractivity contribution is 5.97. The molecular weight excluding hydrogens is 394 g/mol. The van der Waals surface area contributed by atoms with Gasteiger partial charge in [-0.05, 0) is 52.3 Å². The maximum absolute atomic E-state index is 12.8. The van der Waals surface area contributed by atoms with Gasteiger partial charge >= 0.3 is 5.97 Å². The molecule has 1 aromatic rings. The van der Waals surface area contributed by atoms with Crippen molar-refractivity contribution >= 4 is 11.9 Å². The van der Waals surface area contributed by atoms with Crippen LogP contribution < -0.4 is 10.1 Å². The molecule has 1 heterocycles. The summed E-state index contributed by atoms with van der Waals surface area (Å²) in [4.78, 5) is 24.1. The number of aliphatic carboxylic acids is 1. The van der Waals surface area contributed by atoms with Gasteiger partial charge in [-0.25, -0.2) is 4.79 Å². The van der Waals surface area contributed by atoms with Gasteiger partial charge < -0.3 is 34.8 Å². The molecule has 1 aliphatic heterocycles. The Kier molecular flexibility index (Phi) is 7.81. The van der Waals surface area contributed by atoms with Crippen LogP contribution in [-0.4, -0.2) is 63.4 Å². The van der Waals surface area contributed by atoms with Gasteiger partial charge in [-0.3, -0.25) is 4.79 Å². The molecule has 30 heavy (non-hydrogen) atoms. The summed E-state index contributed by atoms with van der Waals surface area (Å²) >= 11 is 0. The van der Waals surface area contributed by atoms with E-state index < -0.39 is 42.0 Å². The average Bonchev–Trinajstić information content (AvgIpc) is 2.61. The Morgan fingerprint density at radius 2 is 1.90 bits per heavy atom. The second-order valence-electron chi connectivity index (χ2n) is 8.65. The fourth-order valence-corrected chi connectivity index (χ4v) is 2.88. The summed E-state index contributed by atoms with van der Waals surface area (Å²) < 4.78 is 16.5. The Labute approximate surface area is 175 Å². The van der Waals surface area contributed by atoms with E-state index in [0.29, 0.717) is 6.61 Å². The Morgan fingerprint density at radius 1 is 1.23 bits per heavy atom. The van der Waals surface area contributed by atoms with Gasteiger partial charge in [-0.2, -0.15) is 0 Å². The zero-order valence-electron chi connectivity index (χ0n) is 17.9. The van der Waals surface area contributed by atoms with Crippen molar-refractivity contribution in [1.29, 1.82) is 0 Å². The minimum atomic E-state index is -1.54. The van der Waals surface area contributed by atoms with Crippen molar-refractivity contribution in [3.63, 3.8) is 0 Å². The van der Waals surface area contributed by atoms with Crippen LogP contribution in [0.15, 0.2) is 18.2 Å². The first-order chi connectivity index (χ1) is 13.9. The van der Waals surface area contributed by atoms with Crippen molar-refractivity contribution in [2.24, 2.45) is 0 Å². The number of aliphatic hydroxyl groups is 2. The Morgan fingerprint density at radius 3 is 2.47 bits per heavy atom. The van der Waals surface area contributed by atoms with E-state index >= 15 is 0 Å². The van der Waals surface area contributed by atoms with Crippen LogP contribution in [0.4, 0.5) is 0 Å². The number of ether oxygens (including phenoxy) is 3. The molecule has 1 fully saturated rings. The lowest BCUT2D eigenvalue weighted by Crippen LogP contribution is -2.52. The van der Waals surface area contributed by atoms with Gasteiger partial charge in [0.25, 0.3) is 5.91 Å². The van der Waals surface area contributed by atoms with Crippen molar-refractivity contribution in [2.45, 2.75) is 83.9 Å². The topological polar surface area (TPSA) is 135 Å². The predicted molar refractivity (Wildman–Crippen MR) is 107 cm³/mol. The second kappa shape index (κ2) is 9.74. The second-order valence-corrected chi connectivity index (χ2v) is 8.65. The van der Waals surface area contributed by atoms with Gasteiger partial charge in [-0.15, -0.1) is 0 Å². The van der Waals surface area contributed by atoms with Crippen molar-refractivity contribution in [3.05, 3.63) is 29.3 Å². The van der Waals surface area contributed by atoms with E-state index in [9.17, 15) is 24.9 Å². The number of carboxylic acid groups (broad SMARTS) is 1. The summed E-state index contributed by atoms with van der Waals surface area (Å²) in [6, 6.07) is 4.88. The highest BCUT2D eigenvalue weighted by Gasteiger charge is 2.42. The van der Waals surface area contributed by atoms with Gasteiger partial charge in [0.15, 0.2) is 6.10 Å². The molecule has 9 nitrogen and oxygen atoms in total. The summed E-state index contributed by atoms with van der Waals surface area (Å²) in [5, 5.41) is 32.0. The van der Waals surface area contributed by atoms with E-state index in [1.54, 1.807) is 18.2 Å². The number of hydrogen-bond donors (Lipinski definition) is 4. The molecule has 1 aliphatic rings. The van der Waals surface area contributed by atoms with Crippen molar-refractivity contribution in [1.82, 2.24) is 5.32 Å². The molecule has 0 unspecified atom stereocenters. The van der Waals surface area contributed by atoms with Gasteiger partial charge in [0.05, 0.1) is 24.4 Å². The highest BCUT2D eigenvalue weighted by atomic mass is 16.7. The lowest BCUT2D eigenvalue weighted by atomic mass is 10.0. The lowest BCUT2D eigenvalue weighted by Gasteiger charge is -2.35. The molecule has 4 N–H and O–H groups in total. The zero-order valence-corrected chi connectivity index (χ0v) is 17.9. The number of hydrogen-bond acceptors (Lipinski definition) is 7. The number of carboxylic acids is 1. The van der Waals surface area contributed by atoms with E-state index in [0.717, 1.165) is 5.56 Å². The predicted octanol–water partition coefficient (Wildman–Crippen LogP) is 1.44. The maximum Gasteiger partial charge on any atom is 0.335 e. The van der Waals surface area contributed by atoms with Crippen molar-refractivity contribution in [3.8, 4) is 5.75 Å². The van der Waals surface area contributed by atoms with Crippen LogP contribution in [-0.2, 0) is 20.9 Å². The first-order valence-corrected chi connectivity index (χ1v) is 9.85. The quantitative estimate of drug-likeness (QED) is 0.516. The van der Waals surface area contributed by atoms with E-state index in [2.05, 4.69) is 5.32 Å². The number of nitrogens with one attached hydrogen (secondary N) is 1. The number of rotatable bonds is 7. The lowest BCUT2D eigenvalue weighted by molar-refractivity contribution is -0.237. The molecule has 4 atom stereocenters. The molecule has 0 bridgehead atoms. The molecule has 1 amide bonds. The molecule has 168 valence electrons. The van der Waals surface area contributed by atoms with Gasteiger partial charge in [0.2, 0.25) is 6.29 Å². The van der Waals surface area contributed by atoms with Crippen LogP contribution in [0.5, 0.6) is 5.75 Å². The molecule has 1 aromatic carbocycles. The van der Waals surface area contributed by atoms with Gasteiger partial charge in [0, 0.05) is 12.0 Å². The van der Waals surface area contributed by atoms with Crippen LogP contribution in [0.3, 0.4) is 0 Å². The first kappa shape index (κ1) is 24.1. The molecule has 2 rings (SSSR count). The maximum atomic E-state index is 12.8. The minimum Gasteiger partial charge on any atom is -0.479 e. The summed E-state index contributed by atoms with van der Waals surface area (Å²) in [5.41, 5.74) is 0.445. The minimum absolute atomic E-state index is 0.0120. The van der Waals surface area contributed by atoms with Gasteiger partial charge in [-0.1, -0.05) is 6.07 Å². The van der Waals surface area contributed by atoms with Crippen LogP contribution >= 0.6 is 0 Å². The third-order valence-corrected chi connectivity index (χ3v) is 4.27. The number of amides is 1. The van der Waals surface area contributed by atoms with Crippen molar-refractivity contribution in [2.75, 3.05) is 0 Å². The standard InChI is InChI=1S/C21H31NO8/c1-11(2)28-10-12-6-7-16(13(8-12)18(25)22-21(3,4)5)29-20-15(24)9-14(23)17(30-20)19(26)27/h6-8,11,14-15,17,20,23-24H,9-10H2,1-5H3,(H,22,25)(H,26,27)/t14-,15+,17-,20+/m0/s1. The molecule has 0 aromatic heterocycles. The monoisotopic (exact) mass is 425 g/mol. The highest BCUT2D eigenvalue weighted by Crippen LogP contribution is 2.28. The van der Waals surface area contributed by atoms with E-state index in [1.165, 1.54) is 0 Å². The molecular formula is C21H31NO8. The summed E-state index contributed by atoms with van der Waals surface area (Å²) in [6.45, 7) is 9.61. The molecule has 0 spiro atoms. The molecule has 0 saturated carbocycles. The van der Waals surface area contributed by atoms with Crippen LogP contribution in [0.2, 0.25) is 0 Å². The van der Waals surface area contributed by atoms with E-state index in [1.807, 2.05) is 34.6 Å². The molecule has 1 saturated heterocycles. The van der Waals surface area contributed by atoms with Gasteiger partial charge in [0.1, 0.15) is 11.9 Å². The Balaban J connectivity index is 2.30. The third kappa shape index (κ3) is 6.66. The number of carbonyl (C=O) groups is 2. The summed E-state index contributed by atoms with van der Waals surface area (Å²) in [6.07, 6.45) is -5.74. The molecule has 9 heteroatoms. The smallest absolute Gasteiger partial charge is 0.335 e. The first-order valence-electron chi connectivity index (χ1n) is 9.85. The normalized spacial score (nSPS) is 24.5. The van der Waals surface area contributed by atoms with Crippen molar-refractivity contribution < 1.29 is 39.1 Å². The fourth-order valence-electron chi connectivity index (χ4n) is 2.88. The van der Waals surface area contributed by atoms with Crippen LogP contribution in [0, 0.1) is 0 Å². The number of benzene rings is 1. The number of carbonyl (C=O) groups excluding carboxylic acids is 1. The summed E-state index contributed by atoms with van der Waals surface area (Å²) in [7, 11) is 0. The van der Waals surface area contributed by atoms with Crippen LogP contribution in [0.25, 0.3) is 0 Å². The van der Waals surface area contributed by atoms with Crippen LogP contribution in [0.1, 0.15) is 57.0 Å². The SMILES string of the molecule is CC(C)OCc1ccc(O[C@@H]2O[C@H](C(=O)O)[C@@H](O)C[C@H]2O)c(C(=O)NC(C)(C)C)c1. The summed E-state index contributed by atoms with van der Waals surface area (Å²) in [5.74, 6) is -1.64. The molecule has 0 radical (unpaired) electrons. The van der Waals surface area contributed by atoms with E-state index in [4.69, 9.17) is 14.2 Å². The Bertz CT molecular complexity index is 758. The Hall–Kier alpha value is -2.20. The zero-order chi connectivity index (χ0) is 22.6. The number of aliphatic hydroxyl groups excluding tert-OH is 2. The molecule has 0 aliphatic carbocycles.